The van der Waals surface area contributed by atoms with Crippen molar-refractivity contribution in [2.24, 2.45) is 0 Å². The Morgan fingerprint density at radius 2 is 0.709 bits per heavy atom. The average molecular weight is 1740 g/mol. The average Bonchev–Trinajstić information content (AvgIpc) is 1.60. The number of ether oxygens (including phenoxy) is 9. The highest BCUT2D eigenvalue weighted by Crippen LogP contribution is 2.62. The van der Waals surface area contributed by atoms with Crippen LogP contribution in [0.25, 0.3) is 33.5 Å². The molecule has 6 aliphatic heterocycles. The lowest BCUT2D eigenvalue weighted by Gasteiger charge is -2.29. The van der Waals surface area contributed by atoms with Crippen molar-refractivity contribution in [3.63, 3.8) is 0 Å². The minimum atomic E-state index is -3.56. The normalized spacial score (nSPS) is 30.9. The molecule has 6 fully saturated rings. The molecular weight excluding hydrogens is 1650 g/mol. The molecule has 1 unspecified atom stereocenters. The molecule has 15 N–H and O–H groups in total. The number of aliphatic hydroxyl groups excluding tert-OH is 3. The number of aromatic nitrogens is 12. The van der Waals surface area contributed by atoms with Crippen LogP contribution in [0.2, 0.25) is 0 Å². The fraction of sp³-hybridized carbons (Fsp3) is 0.478. The fourth-order valence-corrected chi connectivity index (χ4v) is 24.7. The second kappa shape index (κ2) is 36.3. The molecule has 6 saturated heterocycles. The SMILES string of the molecule is COc1nc(N)nc2c1ncn2[C@@H]1O[C@H](COP2(=O)N[C@@H](C(=O)OCc3ccccc3)CCS2)[C@@H](O)[C@@]1(C)O.COc1nc(N)nc2c1ncn2[C@@H]1O[C@H](CO[P@@]2(=O)N[C@@H](C(=O)OCc3ccccc3)CCS2)[C@@H](O)[C@@]1(C)O.COc1nc(N)nc2c1ncn2[C@@H]1O[C@H](CO[P@]2(=O)N[C@@H](C(=O)OCc3ccccc3)CCS2)[C@@H](O)[C@@]1(C)O. The summed E-state index contributed by atoms with van der Waals surface area (Å²) in [6, 6.07) is 25.2. The van der Waals surface area contributed by atoms with E-state index in [9.17, 15) is 58.7 Å². The first-order valence-electron chi connectivity index (χ1n) is 36.3. The van der Waals surface area contributed by atoms with Crippen molar-refractivity contribution in [3.05, 3.63) is 127 Å². The van der Waals surface area contributed by atoms with Crippen LogP contribution in [-0.4, -0.2) is 237 Å². The van der Waals surface area contributed by atoms with Gasteiger partial charge >= 0.3 is 38.1 Å². The zero-order valence-corrected chi connectivity index (χ0v) is 68.6. The van der Waals surface area contributed by atoms with Gasteiger partial charge < -0.3 is 104 Å². The van der Waals surface area contributed by atoms with Gasteiger partial charge in [0.1, 0.15) is 91.4 Å². The third-order valence-corrected chi connectivity index (χ3v) is 31.7. The van der Waals surface area contributed by atoms with Crippen molar-refractivity contribution in [3.8, 4) is 17.6 Å². The number of carbonyl (C=O) groups excluding carboxylic acids is 3. The maximum atomic E-state index is 13.4. The van der Waals surface area contributed by atoms with Crippen molar-refractivity contribution in [2.45, 2.75) is 150 Å². The molecule has 0 amide bonds. The summed E-state index contributed by atoms with van der Waals surface area (Å²) in [6.07, 6.45) is -5.57. The van der Waals surface area contributed by atoms with Crippen molar-refractivity contribution in [1.82, 2.24) is 73.8 Å². The standard InChI is InChI=1S/3C23H29N6O8PS/c3*1-23(32)17(30)15(37-21(23)29-12-25-16-18(29)26-22(24)27-19(16)34-2)11-36-38(33)28-14(8-9-39-38)20(31)35-10-13-6-4-3-5-7-13/h3*3-7,12,14-15,17,21,30,32H,8-11H2,1-2H3,(H,28,33)(H2,24,26,27)/t14-,15-,17-,21-,23-,38?;14-,15-,17-,21-,23-,38+;14-,15-,17-,21-,23-,38-/m111/s1. The summed E-state index contributed by atoms with van der Waals surface area (Å²) in [4.78, 5) is 75.0. The highest BCUT2D eigenvalue weighted by molar-refractivity contribution is 8.56. The number of aliphatic hydroxyl groups is 6. The smallest absolute Gasteiger partial charge is 0.327 e. The Bertz CT molecular complexity index is 4670. The number of nitrogens with one attached hydrogen (secondary N) is 3. The lowest BCUT2D eigenvalue weighted by molar-refractivity contribution is -0.148. The number of benzene rings is 3. The molecule has 9 aromatic rings. The topological polar surface area (TPSA) is 580 Å². The van der Waals surface area contributed by atoms with E-state index in [0.29, 0.717) is 36.5 Å². The minimum Gasteiger partial charge on any atom is -0.479 e. The number of nitrogen functional groups attached to an aromatic ring is 3. The summed E-state index contributed by atoms with van der Waals surface area (Å²) in [6.45, 7) is -7.18. The van der Waals surface area contributed by atoms with Gasteiger partial charge in [0.15, 0.2) is 52.2 Å². The van der Waals surface area contributed by atoms with Crippen LogP contribution in [0.1, 0.15) is 75.4 Å². The Hall–Kier alpha value is -8.34. The second-order valence-electron chi connectivity index (χ2n) is 27.9. The first kappa shape index (κ1) is 86.5. The number of hydrogen-bond donors (Lipinski definition) is 12. The quantitative estimate of drug-likeness (QED) is 0.0229. The van der Waals surface area contributed by atoms with Gasteiger partial charge in [0.25, 0.3) is 0 Å². The van der Waals surface area contributed by atoms with E-state index < -0.39 is 128 Å². The van der Waals surface area contributed by atoms with E-state index in [4.69, 9.17) is 73.4 Å². The molecule has 48 heteroatoms. The van der Waals surface area contributed by atoms with Crippen LogP contribution >= 0.6 is 54.3 Å². The zero-order chi connectivity index (χ0) is 83.4. The predicted octanol–water partition coefficient (Wildman–Crippen LogP) is 4.17. The molecule has 18 atom stereocenters. The summed E-state index contributed by atoms with van der Waals surface area (Å²) in [5.74, 6) is -0.210. The van der Waals surface area contributed by atoms with Crippen LogP contribution in [0.4, 0.5) is 17.8 Å². The van der Waals surface area contributed by atoms with E-state index in [1.807, 2.05) is 91.0 Å². The van der Waals surface area contributed by atoms with Gasteiger partial charge in [-0.05, 0) is 56.7 Å². The molecule has 12 heterocycles. The summed E-state index contributed by atoms with van der Waals surface area (Å²) in [7, 11) is 4.23. The number of hydrogen-bond acceptors (Lipinski definition) is 39. The van der Waals surface area contributed by atoms with E-state index >= 15 is 0 Å². The van der Waals surface area contributed by atoms with Crippen LogP contribution in [0.5, 0.6) is 17.6 Å². The fourth-order valence-electron chi connectivity index (χ4n) is 13.3. The first-order chi connectivity index (χ1) is 55.8. The Kier molecular flexibility index (Phi) is 26.8. The molecule has 0 aliphatic carbocycles. The van der Waals surface area contributed by atoms with E-state index in [2.05, 4.69) is 60.1 Å². The number of esters is 3. The summed E-state index contributed by atoms with van der Waals surface area (Å²) in [5.41, 5.74) is 16.0. The number of anilines is 3. The number of nitrogens with two attached hydrogens (primary N) is 3. The lowest BCUT2D eigenvalue weighted by Crippen LogP contribution is -2.44. The van der Waals surface area contributed by atoms with Crippen molar-refractivity contribution in [2.75, 3.05) is 75.6 Å². The molecule has 6 aliphatic rings. The largest absolute Gasteiger partial charge is 0.479 e. The summed E-state index contributed by atoms with van der Waals surface area (Å²) >= 11 is 3.14. The number of carbonyl (C=O) groups is 3. The monoisotopic (exact) mass is 1740 g/mol. The molecule has 0 saturated carbocycles. The van der Waals surface area contributed by atoms with E-state index in [-0.39, 0.29) is 109 Å². The van der Waals surface area contributed by atoms with Crippen molar-refractivity contribution < 1.29 is 115 Å². The van der Waals surface area contributed by atoms with Crippen LogP contribution in [0, 0.1) is 0 Å². The van der Waals surface area contributed by atoms with Gasteiger partial charge in [-0.1, -0.05) is 125 Å². The highest BCUT2D eigenvalue weighted by atomic mass is 32.7. The Labute approximate surface area is 678 Å². The van der Waals surface area contributed by atoms with Crippen molar-refractivity contribution >= 4 is 124 Å². The van der Waals surface area contributed by atoms with Crippen LogP contribution in [-0.2, 0) is 89.9 Å². The molecule has 42 nitrogen and oxygen atoms in total. The molecule has 630 valence electrons. The third-order valence-electron chi connectivity index (χ3n) is 19.5. The summed E-state index contributed by atoms with van der Waals surface area (Å²) < 4.78 is 111. The van der Waals surface area contributed by atoms with E-state index in [0.717, 1.165) is 50.8 Å². The Balaban J connectivity index is 0.000000152. The minimum absolute atomic E-state index is 0.0745. The molecule has 117 heavy (non-hydrogen) atoms. The van der Waals surface area contributed by atoms with Crippen LogP contribution < -0.4 is 46.7 Å². The predicted molar refractivity (Wildman–Crippen MR) is 422 cm³/mol. The van der Waals surface area contributed by atoms with Gasteiger partial charge in [0.05, 0.1) is 60.1 Å². The highest BCUT2D eigenvalue weighted by Gasteiger charge is 2.58. The van der Waals surface area contributed by atoms with Crippen molar-refractivity contribution in [1.29, 1.82) is 0 Å². The van der Waals surface area contributed by atoms with Gasteiger partial charge in [0, 0.05) is 17.3 Å². The number of nitrogens with zero attached hydrogens (tertiary/aromatic N) is 12. The van der Waals surface area contributed by atoms with Gasteiger partial charge in [-0.3, -0.25) is 41.8 Å². The molecular formula is C69H87N18O24P3S3. The second-order valence-corrected chi connectivity index (χ2v) is 41.1. The van der Waals surface area contributed by atoms with Gasteiger partial charge in [-0.25, -0.2) is 30.2 Å². The van der Waals surface area contributed by atoms with Crippen LogP contribution in [0.3, 0.4) is 0 Å². The molecule has 6 aromatic heterocycles. The maximum absolute atomic E-state index is 13.4. The van der Waals surface area contributed by atoms with Crippen LogP contribution in [0.15, 0.2) is 110 Å². The first-order valence-corrected chi connectivity index (χ1v) is 45.9. The number of fused-ring (bicyclic) bond motifs is 3. The molecule has 0 radical (unpaired) electrons. The Morgan fingerprint density at radius 3 is 0.957 bits per heavy atom. The number of rotatable bonds is 24. The third kappa shape index (κ3) is 19.3. The summed E-state index contributed by atoms with van der Waals surface area (Å²) in [5, 5.41) is 74.4. The molecule has 0 spiro atoms. The maximum Gasteiger partial charge on any atom is 0.327 e. The van der Waals surface area contributed by atoms with Gasteiger partial charge in [-0.2, -0.15) is 29.9 Å². The number of imidazole rings is 3. The molecule has 15 rings (SSSR count). The zero-order valence-electron chi connectivity index (χ0n) is 63.5. The molecule has 3 aromatic carbocycles. The van der Waals surface area contributed by atoms with E-state index in [1.165, 1.54) is 74.8 Å². The van der Waals surface area contributed by atoms with Gasteiger partial charge in [-0.15, -0.1) is 0 Å². The van der Waals surface area contributed by atoms with E-state index in [1.54, 1.807) is 0 Å². The van der Waals surface area contributed by atoms with Gasteiger partial charge in [0.2, 0.25) is 35.5 Å². The molecule has 0 bridgehead atoms. The Morgan fingerprint density at radius 1 is 0.453 bits per heavy atom. The number of methoxy groups -OCH3 is 3. The lowest BCUT2D eigenvalue weighted by atomic mass is 9.96.